The molecule has 0 unspecified atom stereocenters. The summed E-state index contributed by atoms with van der Waals surface area (Å²) in [6.45, 7) is 0. The Labute approximate surface area is 318 Å². The number of fused-ring (bicyclic) bond motifs is 15. The highest BCUT2D eigenvalue weighted by Gasteiger charge is 2.24. The minimum absolute atomic E-state index is 0.899. The van der Waals surface area contributed by atoms with Crippen LogP contribution in [0, 0.1) is 0 Å². The lowest BCUT2D eigenvalue weighted by atomic mass is 9.88. The average Bonchev–Trinajstić information content (AvgIpc) is 3.82. The highest BCUT2D eigenvalue weighted by atomic mass is 32.1. The van der Waals surface area contributed by atoms with E-state index in [1.54, 1.807) is 11.3 Å². The maximum Gasteiger partial charge on any atom is 0.143 e. The van der Waals surface area contributed by atoms with Gasteiger partial charge in [-0.3, -0.25) is 0 Å². The number of nitrogens with zero attached hydrogens (tertiary/aromatic N) is 2. The summed E-state index contributed by atoms with van der Waals surface area (Å²) >= 11 is 3.62. The molecule has 0 atom stereocenters. The number of benzene rings is 9. The molecule has 0 aliphatic heterocycles. The van der Waals surface area contributed by atoms with Crippen LogP contribution in [0.25, 0.3) is 117 Å². The van der Waals surface area contributed by atoms with Crippen molar-refractivity contribution in [3.05, 3.63) is 170 Å². The van der Waals surface area contributed by atoms with Crippen LogP contribution in [0.4, 0.5) is 0 Å². The molecule has 2 nitrogen and oxygen atoms in total. The van der Waals surface area contributed by atoms with Crippen molar-refractivity contribution in [2.45, 2.75) is 0 Å². The summed E-state index contributed by atoms with van der Waals surface area (Å²) < 4.78 is 3.78. The van der Waals surface area contributed by atoms with E-state index in [1.807, 2.05) is 11.3 Å². The third kappa shape index (κ3) is 4.32. The zero-order valence-corrected chi connectivity index (χ0v) is 30.5. The molecule has 0 fully saturated rings. The Morgan fingerprint density at radius 1 is 0.352 bits per heavy atom. The standard InChI is InChI=1S/C50H28N2S2/c1-2-13-29(14-3-1)31-17-12-18-33(27-31)46-47(51-48-38-23-10-11-24-40(38)54-50(48)52-46)39-28-32-16-5-7-20-35(32)42-36-21-8-9-22-37(36)44-43-34-19-6-4-15-30(34)25-26-41(43)53-49(44)45(39)42/h1-28H. The summed E-state index contributed by atoms with van der Waals surface area (Å²) in [4.78, 5) is 12.2. The van der Waals surface area contributed by atoms with Gasteiger partial charge in [0, 0.05) is 46.8 Å². The molecule has 0 amide bonds. The van der Waals surface area contributed by atoms with E-state index in [1.165, 1.54) is 73.5 Å². The molecular weight excluding hydrogens is 693 g/mol. The quantitative estimate of drug-likeness (QED) is 0.170. The Morgan fingerprint density at radius 3 is 1.83 bits per heavy atom. The Hall–Kier alpha value is -6.46. The predicted octanol–water partition coefficient (Wildman–Crippen LogP) is 14.8. The van der Waals surface area contributed by atoms with Gasteiger partial charge in [0.25, 0.3) is 0 Å². The molecule has 250 valence electrons. The van der Waals surface area contributed by atoms with Crippen LogP contribution in [-0.4, -0.2) is 9.97 Å². The number of rotatable bonds is 3. The van der Waals surface area contributed by atoms with Gasteiger partial charge in [-0.05, 0) is 73.1 Å². The molecule has 4 heteroatoms. The van der Waals surface area contributed by atoms with E-state index in [9.17, 15) is 0 Å². The number of hydrogen-bond donors (Lipinski definition) is 0. The smallest absolute Gasteiger partial charge is 0.143 e. The zero-order valence-electron chi connectivity index (χ0n) is 28.9. The van der Waals surface area contributed by atoms with Gasteiger partial charge in [-0.1, -0.05) is 146 Å². The van der Waals surface area contributed by atoms with Crippen LogP contribution in [-0.2, 0) is 0 Å². The minimum atomic E-state index is 0.899. The van der Waals surface area contributed by atoms with E-state index >= 15 is 0 Å². The minimum Gasteiger partial charge on any atom is -0.242 e. The second kappa shape index (κ2) is 11.5. The van der Waals surface area contributed by atoms with Crippen molar-refractivity contribution in [2.75, 3.05) is 0 Å². The summed E-state index contributed by atoms with van der Waals surface area (Å²) in [5.41, 5.74) is 7.26. The molecule has 3 heterocycles. The summed E-state index contributed by atoms with van der Waals surface area (Å²) in [7, 11) is 0. The van der Waals surface area contributed by atoms with E-state index < -0.39 is 0 Å². The Bertz CT molecular complexity index is 3500. The highest BCUT2D eigenvalue weighted by Crippen LogP contribution is 2.51. The number of aromatic nitrogens is 2. The van der Waals surface area contributed by atoms with Crippen molar-refractivity contribution in [3.63, 3.8) is 0 Å². The van der Waals surface area contributed by atoms with Crippen LogP contribution < -0.4 is 0 Å². The van der Waals surface area contributed by atoms with Crippen molar-refractivity contribution in [3.8, 4) is 33.6 Å². The van der Waals surface area contributed by atoms with Gasteiger partial charge in [0.1, 0.15) is 10.3 Å². The average molecular weight is 721 g/mol. The highest BCUT2D eigenvalue weighted by molar-refractivity contribution is 7.27. The molecule has 0 aliphatic carbocycles. The topological polar surface area (TPSA) is 25.8 Å². The molecule has 0 bridgehead atoms. The van der Waals surface area contributed by atoms with Crippen molar-refractivity contribution >= 4 is 106 Å². The van der Waals surface area contributed by atoms with Crippen LogP contribution >= 0.6 is 22.7 Å². The fourth-order valence-corrected chi connectivity index (χ4v) is 11.0. The molecule has 0 spiro atoms. The maximum atomic E-state index is 5.71. The van der Waals surface area contributed by atoms with E-state index in [4.69, 9.17) is 9.97 Å². The second-order valence-electron chi connectivity index (χ2n) is 14.0. The normalized spacial score (nSPS) is 12.1. The van der Waals surface area contributed by atoms with Gasteiger partial charge in [-0.25, -0.2) is 9.97 Å². The second-order valence-corrected chi connectivity index (χ2v) is 16.1. The van der Waals surface area contributed by atoms with E-state index in [0.717, 1.165) is 43.8 Å². The molecular formula is C50H28N2S2. The lowest BCUT2D eigenvalue weighted by molar-refractivity contribution is 1.32. The van der Waals surface area contributed by atoms with Crippen LogP contribution in [0.1, 0.15) is 0 Å². The van der Waals surface area contributed by atoms with Gasteiger partial charge in [0.15, 0.2) is 0 Å². The Kier molecular flexibility index (Phi) is 6.41. The molecule has 0 radical (unpaired) electrons. The number of thiophene rings is 2. The lowest BCUT2D eigenvalue weighted by Gasteiger charge is -2.17. The van der Waals surface area contributed by atoms with Gasteiger partial charge in [-0.15, -0.1) is 22.7 Å². The van der Waals surface area contributed by atoms with E-state index in [0.29, 0.717) is 0 Å². The van der Waals surface area contributed by atoms with Gasteiger partial charge >= 0.3 is 0 Å². The van der Waals surface area contributed by atoms with Crippen molar-refractivity contribution in [1.82, 2.24) is 9.97 Å². The largest absolute Gasteiger partial charge is 0.242 e. The Balaban J connectivity index is 1.30. The summed E-state index contributed by atoms with van der Waals surface area (Å²) in [5, 5.41) is 13.8. The summed E-state index contributed by atoms with van der Waals surface area (Å²) in [5.74, 6) is 0. The molecule has 0 saturated carbocycles. The SMILES string of the molecule is c1ccc(-c2cccc(-c3nc4sc5ccccc5c4nc3-c3cc4ccccc4c4c5ccccc5c5c(sc6ccc7ccccc7c65)c34)c2)cc1. The molecule has 54 heavy (non-hydrogen) atoms. The molecule has 0 saturated heterocycles. The van der Waals surface area contributed by atoms with Gasteiger partial charge in [0.2, 0.25) is 0 Å². The van der Waals surface area contributed by atoms with Crippen LogP contribution in [0.2, 0.25) is 0 Å². The molecule has 3 aromatic heterocycles. The first kappa shape index (κ1) is 30.0. The maximum absolute atomic E-state index is 5.71. The van der Waals surface area contributed by atoms with Crippen LogP contribution in [0.3, 0.4) is 0 Å². The lowest BCUT2D eigenvalue weighted by Crippen LogP contribution is -1.96. The fourth-order valence-electron chi connectivity index (χ4n) is 8.66. The van der Waals surface area contributed by atoms with Crippen molar-refractivity contribution in [1.29, 1.82) is 0 Å². The third-order valence-electron chi connectivity index (χ3n) is 11.0. The zero-order chi connectivity index (χ0) is 35.3. The Morgan fingerprint density at radius 2 is 1.00 bits per heavy atom. The molecule has 9 aromatic carbocycles. The molecule has 0 aliphatic rings. The van der Waals surface area contributed by atoms with Crippen molar-refractivity contribution in [2.24, 2.45) is 0 Å². The first-order valence-electron chi connectivity index (χ1n) is 18.2. The predicted molar refractivity (Wildman–Crippen MR) is 234 cm³/mol. The monoisotopic (exact) mass is 720 g/mol. The summed E-state index contributed by atoms with van der Waals surface area (Å²) in [6.07, 6.45) is 0. The number of hydrogen-bond acceptors (Lipinski definition) is 4. The van der Waals surface area contributed by atoms with Gasteiger partial charge in [-0.2, -0.15) is 0 Å². The third-order valence-corrected chi connectivity index (χ3v) is 13.3. The fraction of sp³-hybridized carbons (Fsp3) is 0. The van der Waals surface area contributed by atoms with Crippen LogP contribution in [0.15, 0.2) is 170 Å². The van der Waals surface area contributed by atoms with Gasteiger partial charge in [0.05, 0.1) is 11.4 Å². The molecule has 12 aromatic rings. The molecule has 12 rings (SSSR count). The summed E-state index contributed by atoms with van der Waals surface area (Å²) in [6, 6.07) is 61.6. The van der Waals surface area contributed by atoms with Gasteiger partial charge < -0.3 is 0 Å². The first-order valence-corrected chi connectivity index (χ1v) is 19.9. The van der Waals surface area contributed by atoms with E-state index in [2.05, 4.69) is 170 Å². The van der Waals surface area contributed by atoms with Crippen LogP contribution in [0.5, 0.6) is 0 Å². The first-order chi connectivity index (χ1) is 26.8. The van der Waals surface area contributed by atoms with Crippen molar-refractivity contribution < 1.29 is 0 Å². The van der Waals surface area contributed by atoms with E-state index in [-0.39, 0.29) is 0 Å². The molecule has 0 N–H and O–H groups in total.